The van der Waals surface area contributed by atoms with E-state index >= 15 is 0 Å². The molecule has 2 aromatic heterocycles. The van der Waals surface area contributed by atoms with Crippen LogP contribution in [0.4, 0.5) is 5.82 Å². The lowest BCUT2D eigenvalue weighted by atomic mass is 9.87. The number of aromatic amines is 1. The monoisotopic (exact) mass is 353 g/mol. The first kappa shape index (κ1) is 16.1. The van der Waals surface area contributed by atoms with Crippen molar-refractivity contribution in [2.75, 3.05) is 24.5 Å². The molecule has 5 rings (SSSR count). The first-order valence-corrected chi connectivity index (χ1v) is 10.1. The Balaban J connectivity index is 1.40. The number of H-pyrrole nitrogens is 1. The molecule has 2 saturated carbocycles. The summed E-state index contributed by atoms with van der Waals surface area (Å²) in [5, 5.41) is 1.08. The fourth-order valence-electron chi connectivity index (χ4n) is 4.95. The fourth-order valence-corrected chi connectivity index (χ4v) is 4.95. The Morgan fingerprint density at radius 3 is 2.77 bits per heavy atom. The van der Waals surface area contributed by atoms with Gasteiger partial charge in [0.1, 0.15) is 17.8 Å². The first-order chi connectivity index (χ1) is 12.8. The average Bonchev–Trinajstić information content (AvgIpc) is 3.34. The Morgan fingerprint density at radius 2 is 1.96 bits per heavy atom. The summed E-state index contributed by atoms with van der Waals surface area (Å²) in [6, 6.07) is 2.06. The van der Waals surface area contributed by atoms with E-state index in [0.717, 1.165) is 68.6 Å². The van der Waals surface area contributed by atoms with Crippen molar-refractivity contribution in [1.29, 1.82) is 0 Å². The van der Waals surface area contributed by atoms with Crippen LogP contribution in [-0.2, 0) is 4.79 Å². The molecule has 3 fully saturated rings. The van der Waals surface area contributed by atoms with Crippen molar-refractivity contribution in [3.05, 3.63) is 18.6 Å². The highest BCUT2D eigenvalue weighted by Crippen LogP contribution is 2.46. The van der Waals surface area contributed by atoms with Gasteiger partial charge in [0.25, 0.3) is 0 Å². The average molecular weight is 353 g/mol. The molecule has 3 aliphatic rings. The molecule has 0 aromatic carbocycles. The van der Waals surface area contributed by atoms with Crippen LogP contribution in [0.15, 0.2) is 18.6 Å². The molecule has 2 aliphatic carbocycles. The largest absolute Gasteiger partial charge is 0.354 e. The van der Waals surface area contributed by atoms with Crippen LogP contribution in [0.3, 0.4) is 0 Å². The van der Waals surface area contributed by atoms with Gasteiger partial charge in [0.15, 0.2) is 0 Å². The summed E-state index contributed by atoms with van der Waals surface area (Å²) in [6.07, 6.45) is 12.7. The van der Waals surface area contributed by atoms with Gasteiger partial charge in [0.2, 0.25) is 5.91 Å². The summed E-state index contributed by atoms with van der Waals surface area (Å²) in [6.45, 7) is 2.75. The number of hydrogen-bond donors (Lipinski definition) is 1. The van der Waals surface area contributed by atoms with E-state index < -0.39 is 0 Å². The van der Waals surface area contributed by atoms with E-state index in [4.69, 9.17) is 0 Å². The molecule has 26 heavy (non-hydrogen) atoms. The Kier molecular flexibility index (Phi) is 3.87. The minimum Gasteiger partial charge on any atom is -0.354 e. The molecule has 1 saturated heterocycles. The van der Waals surface area contributed by atoms with Gasteiger partial charge in [0.05, 0.1) is 10.9 Å². The zero-order valence-electron chi connectivity index (χ0n) is 15.3. The molecule has 6 nitrogen and oxygen atoms in total. The van der Waals surface area contributed by atoms with Gasteiger partial charge in [-0.3, -0.25) is 4.79 Å². The zero-order valence-corrected chi connectivity index (χ0v) is 15.3. The van der Waals surface area contributed by atoms with Crippen LogP contribution in [0, 0.1) is 5.92 Å². The third kappa shape index (κ3) is 2.66. The lowest BCUT2D eigenvalue weighted by Crippen LogP contribution is -2.49. The third-order valence-electron chi connectivity index (χ3n) is 6.55. The van der Waals surface area contributed by atoms with Crippen molar-refractivity contribution in [2.45, 2.75) is 56.9 Å². The maximum absolute atomic E-state index is 13.3. The van der Waals surface area contributed by atoms with E-state index in [1.54, 1.807) is 6.33 Å². The quantitative estimate of drug-likeness (QED) is 0.901. The molecule has 1 amide bonds. The molecule has 1 aliphatic heterocycles. The van der Waals surface area contributed by atoms with Crippen molar-refractivity contribution in [3.63, 3.8) is 0 Å². The summed E-state index contributed by atoms with van der Waals surface area (Å²) in [5.41, 5.74) is 0.928. The van der Waals surface area contributed by atoms with E-state index in [1.807, 2.05) is 6.20 Å². The summed E-state index contributed by atoms with van der Waals surface area (Å²) in [5.74, 6) is 1.70. The third-order valence-corrected chi connectivity index (χ3v) is 6.55. The van der Waals surface area contributed by atoms with Crippen LogP contribution in [-0.4, -0.2) is 50.9 Å². The van der Waals surface area contributed by atoms with E-state index in [-0.39, 0.29) is 11.5 Å². The number of fused-ring (bicyclic) bond motifs is 1. The van der Waals surface area contributed by atoms with Crippen molar-refractivity contribution in [1.82, 2.24) is 19.9 Å². The van der Waals surface area contributed by atoms with Gasteiger partial charge in [-0.25, -0.2) is 9.97 Å². The van der Waals surface area contributed by atoms with E-state index in [2.05, 4.69) is 30.8 Å². The second kappa shape index (κ2) is 6.25. The van der Waals surface area contributed by atoms with Crippen molar-refractivity contribution < 1.29 is 4.79 Å². The van der Waals surface area contributed by atoms with E-state index in [0.29, 0.717) is 5.91 Å². The lowest BCUT2D eigenvalue weighted by Gasteiger charge is -2.36. The van der Waals surface area contributed by atoms with Crippen molar-refractivity contribution >= 4 is 22.8 Å². The van der Waals surface area contributed by atoms with Gasteiger partial charge in [-0.15, -0.1) is 0 Å². The van der Waals surface area contributed by atoms with Crippen molar-refractivity contribution in [3.8, 4) is 0 Å². The highest BCUT2D eigenvalue weighted by molar-refractivity contribution is 5.87. The Labute approximate surface area is 154 Å². The summed E-state index contributed by atoms with van der Waals surface area (Å²) in [4.78, 5) is 30.0. The zero-order chi connectivity index (χ0) is 17.6. The summed E-state index contributed by atoms with van der Waals surface area (Å²) < 4.78 is 0. The maximum Gasteiger partial charge on any atom is 0.226 e. The Morgan fingerprint density at radius 1 is 1.12 bits per heavy atom. The SMILES string of the molecule is O=C(C1CCCCC1)N1CCCN(c2ncnc3[nH]ccc23)CC12CC2. The van der Waals surface area contributed by atoms with Crippen LogP contribution in [0.2, 0.25) is 0 Å². The van der Waals surface area contributed by atoms with Gasteiger partial charge >= 0.3 is 0 Å². The maximum atomic E-state index is 13.3. The number of nitrogens with one attached hydrogen (secondary N) is 1. The number of carbonyl (C=O) groups excluding carboxylic acids is 1. The second-order valence-corrected chi connectivity index (χ2v) is 8.26. The standard InChI is InChI=1S/C20H27N5O/c26-19(15-5-2-1-3-6-15)25-12-4-11-24(13-20(25)8-9-20)18-16-7-10-21-17(16)22-14-23-18/h7,10,14-15H,1-6,8-9,11-13H2,(H,21,22,23). The van der Waals surface area contributed by atoms with Crippen LogP contribution >= 0.6 is 0 Å². The Hall–Kier alpha value is -2.11. The number of nitrogens with zero attached hydrogens (tertiary/aromatic N) is 4. The molecule has 3 heterocycles. The molecule has 0 atom stereocenters. The number of anilines is 1. The highest BCUT2D eigenvalue weighted by Gasteiger charge is 2.53. The fraction of sp³-hybridized carbons (Fsp3) is 0.650. The predicted octanol–water partition coefficient (Wildman–Crippen LogP) is 3.11. The molecule has 0 bridgehead atoms. The summed E-state index contributed by atoms with van der Waals surface area (Å²) in [7, 11) is 0. The van der Waals surface area contributed by atoms with Gasteiger partial charge in [-0.1, -0.05) is 19.3 Å². The minimum absolute atomic E-state index is 0.0403. The van der Waals surface area contributed by atoms with Crippen LogP contribution < -0.4 is 4.90 Å². The smallest absolute Gasteiger partial charge is 0.226 e. The molecule has 1 spiro atoms. The lowest BCUT2D eigenvalue weighted by molar-refractivity contribution is -0.139. The molecule has 138 valence electrons. The molecular weight excluding hydrogens is 326 g/mol. The molecule has 1 N–H and O–H groups in total. The van der Waals surface area contributed by atoms with Gasteiger partial charge < -0.3 is 14.8 Å². The normalized spacial score (nSPS) is 23.4. The van der Waals surface area contributed by atoms with Gasteiger partial charge in [0, 0.05) is 31.7 Å². The number of aromatic nitrogens is 3. The number of hydrogen-bond acceptors (Lipinski definition) is 4. The van der Waals surface area contributed by atoms with Gasteiger partial charge in [-0.2, -0.15) is 0 Å². The molecular formula is C20H27N5O. The number of carbonyl (C=O) groups is 1. The number of rotatable bonds is 2. The molecule has 0 unspecified atom stereocenters. The number of amides is 1. The molecule has 0 radical (unpaired) electrons. The Bertz CT molecular complexity index is 805. The first-order valence-electron chi connectivity index (χ1n) is 10.1. The predicted molar refractivity (Wildman–Crippen MR) is 101 cm³/mol. The van der Waals surface area contributed by atoms with Crippen molar-refractivity contribution in [2.24, 2.45) is 5.92 Å². The highest BCUT2D eigenvalue weighted by atomic mass is 16.2. The van der Waals surface area contributed by atoms with Gasteiger partial charge in [-0.05, 0) is 38.2 Å². The topological polar surface area (TPSA) is 65.1 Å². The second-order valence-electron chi connectivity index (χ2n) is 8.26. The molecule has 2 aromatic rings. The van der Waals surface area contributed by atoms with E-state index in [9.17, 15) is 4.79 Å². The summed E-state index contributed by atoms with van der Waals surface area (Å²) >= 11 is 0. The van der Waals surface area contributed by atoms with Crippen LogP contribution in [0.5, 0.6) is 0 Å². The van der Waals surface area contributed by atoms with Crippen LogP contribution in [0.25, 0.3) is 11.0 Å². The minimum atomic E-state index is 0.0403. The molecule has 6 heteroatoms. The van der Waals surface area contributed by atoms with E-state index in [1.165, 1.54) is 19.3 Å². The van der Waals surface area contributed by atoms with Crippen LogP contribution in [0.1, 0.15) is 51.4 Å².